The topological polar surface area (TPSA) is 66.8 Å². The summed E-state index contributed by atoms with van der Waals surface area (Å²) < 4.78 is 4.69. The van der Waals surface area contributed by atoms with E-state index in [4.69, 9.17) is 4.74 Å². The second-order valence-electron chi connectivity index (χ2n) is 3.72. The van der Waals surface area contributed by atoms with E-state index in [0.717, 1.165) is 12.8 Å². The lowest BCUT2D eigenvalue weighted by Gasteiger charge is -2.23. The number of aliphatic hydroxyl groups excluding tert-OH is 2. The van der Waals surface area contributed by atoms with E-state index in [1.165, 1.54) is 6.08 Å². The molecule has 0 bridgehead atoms. The number of unbranched alkanes of at least 4 members (excludes halogenated alkanes) is 1. The first kappa shape index (κ1) is 15.1. The summed E-state index contributed by atoms with van der Waals surface area (Å²) in [5, 5.41) is 19.5. The maximum Gasteiger partial charge on any atom is 0.335 e. The Morgan fingerprint density at radius 3 is 2.50 bits per heavy atom. The largest absolute Gasteiger partial charge is 0.464 e. The Bertz CT molecular complexity index is 215. The van der Waals surface area contributed by atoms with E-state index in [2.05, 4.69) is 6.58 Å². The molecular formula is C12H22O4. The van der Waals surface area contributed by atoms with Crippen LogP contribution in [0, 0.1) is 5.92 Å². The van der Waals surface area contributed by atoms with Gasteiger partial charge in [-0.15, -0.1) is 6.58 Å². The summed E-state index contributed by atoms with van der Waals surface area (Å²) in [6.45, 7) is 7.42. The van der Waals surface area contributed by atoms with Gasteiger partial charge in [0.1, 0.15) is 0 Å². The van der Waals surface area contributed by atoms with Crippen LogP contribution in [0.3, 0.4) is 0 Å². The van der Waals surface area contributed by atoms with Gasteiger partial charge < -0.3 is 14.9 Å². The maximum absolute atomic E-state index is 11.3. The predicted molar refractivity (Wildman–Crippen MR) is 61.9 cm³/mol. The summed E-state index contributed by atoms with van der Waals surface area (Å²) in [5.74, 6) is -1.37. The van der Waals surface area contributed by atoms with Crippen molar-refractivity contribution in [1.82, 2.24) is 0 Å². The van der Waals surface area contributed by atoms with Crippen molar-refractivity contribution >= 4 is 5.97 Å². The average molecular weight is 230 g/mol. The van der Waals surface area contributed by atoms with Crippen molar-refractivity contribution < 1.29 is 19.7 Å². The van der Waals surface area contributed by atoms with E-state index in [1.807, 2.05) is 6.92 Å². The third-order valence-electron chi connectivity index (χ3n) is 2.46. The monoisotopic (exact) mass is 230 g/mol. The summed E-state index contributed by atoms with van der Waals surface area (Å²) >= 11 is 0. The van der Waals surface area contributed by atoms with E-state index >= 15 is 0 Å². The van der Waals surface area contributed by atoms with Crippen LogP contribution in [-0.4, -0.2) is 35.0 Å². The zero-order valence-electron chi connectivity index (χ0n) is 10.1. The quantitative estimate of drug-likeness (QED) is 0.486. The molecule has 2 N–H and O–H groups in total. The molecule has 0 saturated carbocycles. The highest BCUT2D eigenvalue weighted by atomic mass is 16.5. The third kappa shape index (κ3) is 4.77. The van der Waals surface area contributed by atoms with Gasteiger partial charge in [0, 0.05) is 5.92 Å². The van der Waals surface area contributed by atoms with Crippen LogP contribution in [0.1, 0.15) is 33.1 Å². The number of hydrogen-bond acceptors (Lipinski definition) is 4. The lowest BCUT2D eigenvalue weighted by molar-refractivity contribution is -0.157. The second-order valence-corrected chi connectivity index (χ2v) is 3.72. The van der Waals surface area contributed by atoms with Gasteiger partial charge in [-0.3, -0.25) is 0 Å². The highest BCUT2D eigenvalue weighted by molar-refractivity contribution is 5.75. The van der Waals surface area contributed by atoms with Gasteiger partial charge in [-0.25, -0.2) is 4.79 Å². The van der Waals surface area contributed by atoms with Crippen molar-refractivity contribution in [3.8, 4) is 0 Å². The van der Waals surface area contributed by atoms with Crippen LogP contribution in [-0.2, 0) is 9.53 Å². The number of carbonyl (C=O) groups is 1. The van der Waals surface area contributed by atoms with Crippen LogP contribution in [0.25, 0.3) is 0 Å². The molecule has 94 valence electrons. The summed E-state index contributed by atoms with van der Waals surface area (Å²) in [5.41, 5.74) is 0. The van der Waals surface area contributed by atoms with Gasteiger partial charge in [0.15, 0.2) is 6.10 Å². The highest BCUT2D eigenvalue weighted by Crippen LogP contribution is 2.17. The summed E-state index contributed by atoms with van der Waals surface area (Å²) in [6.07, 6.45) is 1.67. The van der Waals surface area contributed by atoms with Crippen molar-refractivity contribution in [3.05, 3.63) is 12.7 Å². The minimum atomic E-state index is -1.33. The van der Waals surface area contributed by atoms with E-state index < -0.39 is 24.1 Å². The molecular weight excluding hydrogens is 208 g/mol. The lowest BCUT2D eigenvalue weighted by atomic mass is 9.92. The number of esters is 1. The molecule has 16 heavy (non-hydrogen) atoms. The SMILES string of the molecule is C=C[C@H](C(O)CCCC)C(O)C(=O)OCC. The van der Waals surface area contributed by atoms with Crippen LogP contribution in [0.4, 0.5) is 0 Å². The Kier molecular flexibility index (Phi) is 7.85. The van der Waals surface area contributed by atoms with E-state index in [9.17, 15) is 15.0 Å². The smallest absolute Gasteiger partial charge is 0.335 e. The third-order valence-corrected chi connectivity index (χ3v) is 2.46. The first-order chi connectivity index (χ1) is 7.58. The molecule has 0 radical (unpaired) electrons. The normalized spacial score (nSPS) is 16.2. The van der Waals surface area contributed by atoms with Crippen LogP contribution >= 0.6 is 0 Å². The fourth-order valence-corrected chi connectivity index (χ4v) is 1.49. The van der Waals surface area contributed by atoms with Crippen molar-refractivity contribution in [2.75, 3.05) is 6.61 Å². The van der Waals surface area contributed by atoms with E-state index in [1.54, 1.807) is 6.92 Å². The van der Waals surface area contributed by atoms with Crippen molar-refractivity contribution in [3.63, 3.8) is 0 Å². The molecule has 0 aliphatic rings. The van der Waals surface area contributed by atoms with Crippen LogP contribution in [0.5, 0.6) is 0 Å². The van der Waals surface area contributed by atoms with Crippen molar-refractivity contribution in [2.24, 2.45) is 5.92 Å². The fraction of sp³-hybridized carbons (Fsp3) is 0.750. The minimum Gasteiger partial charge on any atom is -0.464 e. The van der Waals surface area contributed by atoms with Gasteiger partial charge in [0.05, 0.1) is 12.7 Å². The molecule has 0 aromatic heterocycles. The molecule has 0 rings (SSSR count). The van der Waals surface area contributed by atoms with Gasteiger partial charge in [-0.1, -0.05) is 25.8 Å². The molecule has 0 aliphatic carbocycles. The van der Waals surface area contributed by atoms with E-state index in [0.29, 0.717) is 6.42 Å². The number of rotatable bonds is 8. The van der Waals surface area contributed by atoms with Crippen LogP contribution < -0.4 is 0 Å². The van der Waals surface area contributed by atoms with Crippen LogP contribution in [0.15, 0.2) is 12.7 Å². The zero-order valence-corrected chi connectivity index (χ0v) is 10.1. The number of aliphatic hydroxyl groups is 2. The summed E-state index contributed by atoms with van der Waals surface area (Å²) in [7, 11) is 0. The fourth-order valence-electron chi connectivity index (χ4n) is 1.49. The molecule has 4 heteroatoms. The summed E-state index contributed by atoms with van der Waals surface area (Å²) in [4.78, 5) is 11.3. The highest BCUT2D eigenvalue weighted by Gasteiger charge is 2.30. The first-order valence-electron chi connectivity index (χ1n) is 5.73. The Balaban J connectivity index is 4.34. The minimum absolute atomic E-state index is 0.213. The van der Waals surface area contributed by atoms with Crippen LogP contribution in [0.2, 0.25) is 0 Å². The molecule has 0 aliphatic heterocycles. The molecule has 3 atom stereocenters. The molecule has 2 unspecified atom stereocenters. The van der Waals surface area contributed by atoms with Gasteiger partial charge >= 0.3 is 5.97 Å². The molecule has 0 aromatic rings. The molecule has 0 aromatic carbocycles. The Hall–Kier alpha value is -0.870. The van der Waals surface area contributed by atoms with Gasteiger partial charge in [0.25, 0.3) is 0 Å². The number of carbonyl (C=O) groups excluding carboxylic acids is 1. The van der Waals surface area contributed by atoms with Crippen molar-refractivity contribution in [1.29, 1.82) is 0 Å². The molecule has 0 amide bonds. The summed E-state index contributed by atoms with van der Waals surface area (Å²) in [6, 6.07) is 0. The molecule has 0 saturated heterocycles. The Morgan fingerprint density at radius 1 is 1.44 bits per heavy atom. The van der Waals surface area contributed by atoms with Gasteiger partial charge in [-0.05, 0) is 13.3 Å². The van der Waals surface area contributed by atoms with Crippen molar-refractivity contribution in [2.45, 2.75) is 45.3 Å². The predicted octanol–water partition coefficient (Wildman–Crippen LogP) is 1.26. The number of ether oxygens (including phenoxy) is 1. The Labute approximate surface area is 96.9 Å². The first-order valence-corrected chi connectivity index (χ1v) is 5.73. The number of hydrogen-bond donors (Lipinski definition) is 2. The standard InChI is InChI=1S/C12H22O4/c1-4-7-8-10(13)9(5-2)11(14)12(15)16-6-3/h5,9-11,13-14H,2,4,6-8H2,1,3H3/t9-,10?,11?/m1/s1. The molecule has 0 heterocycles. The second kappa shape index (κ2) is 8.30. The molecule has 4 nitrogen and oxygen atoms in total. The maximum atomic E-state index is 11.3. The lowest BCUT2D eigenvalue weighted by Crippen LogP contribution is -2.37. The van der Waals surface area contributed by atoms with Gasteiger partial charge in [0.2, 0.25) is 0 Å². The molecule has 0 fully saturated rings. The zero-order chi connectivity index (χ0) is 12.6. The Morgan fingerprint density at radius 2 is 2.06 bits per heavy atom. The van der Waals surface area contributed by atoms with E-state index in [-0.39, 0.29) is 6.61 Å². The van der Waals surface area contributed by atoms with Gasteiger partial charge in [-0.2, -0.15) is 0 Å². The average Bonchev–Trinajstić information content (AvgIpc) is 2.27. The molecule has 0 spiro atoms.